The van der Waals surface area contributed by atoms with Crippen molar-refractivity contribution in [2.24, 2.45) is 4.99 Å². The fourth-order valence-corrected chi connectivity index (χ4v) is 4.90. The number of carbonyl (C=O) groups excluding carboxylic acids is 1. The van der Waals surface area contributed by atoms with E-state index in [0.717, 1.165) is 20.9 Å². The maximum atomic E-state index is 12.9. The Morgan fingerprint density at radius 3 is 2.79 bits per heavy atom. The molecule has 0 atom stereocenters. The van der Waals surface area contributed by atoms with Gasteiger partial charge in [-0.2, -0.15) is 4.99 Å². The summed E-state index contributed by atoms with van der Waals surface area (Å²) in [5.74, 6) is 0.579. The van der Waals surface area contributed by atoms with Crippen LogP contribution in [0, 0.1) is 0 Å². The molecule has 0 aliphatic heterocycles. The Hall–Kier alpha value is -2.09. The topological polar surface area (TPSA) is 52.8 Å². The van der Waals surface area contributed by atoms with E-state index in [4.69, 9.17) is 9.47 Å². The van der Waals surface area contributed by atoms with Gasteiger partial charge in [0, 0.05) is 29.4 Å². The molecule has 0 N–H and O–H groups in total. The largest absolute Gasteiger partial charge is 0.494 e. The highest BCUT2D eigenvalue weighted by Gasteiger charge is 2.11. The van der Waals surface area contributed by atoms with Gasteiger partial charge in [0.15, 0.2) is 4.80 Å². The van der Waals surface area contributed by atoms with E-state index in [0.29, 0.717) is 35.4 Å². The normalized spacial score (nSPS) is 12.1. The molecule has 2 aromatic carbocycles. The lowest BCUT2D eigenvalue weighted by Crippen LogP contribution is -2.19. The van der Waals surface area contributed by atoms with E-state index in [-0.39, 0.29) is 5.91 Å². The van der Waals surface area contributed by atoms with Crippen LogP contribution in [-0.2, 0) is 11.3 Å². The molecule has 0 saturated heterocycles. The molecule has 0 bridgehead atoms. The number of thioether (sulfide) groups is 1. The Kier molecular flexibility index (Phi) is 7.52. The highest BCUT2D eigenvalue weighted by Crippen LogP contribution is 2.25. The molecule has 1 aromatic heterocycles. The fourth-order valence-electron chi connectivity index (χ4n) is 2.92. The molecule has 5 nitrogen and oxygen atoms in total. The van der Waals surface area contributed by atoms with Crippen molar-refractivity contribution in [2.45, 2.75) is 37.5 Å². The maximum Gasteiger partial charge on any atom is 0.279 e. The van der Waals surface area contributed by atoms with Gasteiger partial charge in [-0.25, -0.2) is 0 Å². The first-order chi connectivity index (χ1) is 14.0. The minimum Gasteiger partial charge on any atom is -0.494 e. The van der Waals surface area contributed by atoms with Crippen LogP contribution in [0.15, 0.2) is 52.4 Å². The molecule has 7 heteroatoms. The van der Waals surface area contributed by atoms with Gasteiger partial charge < -0.3 is 14.0 Å². The van der Waals surface area contributed by atoms with Crippen molar-refractivity contribution in [1.29, 1.82) is 0 Å². The van der Waals surface area contributed by atoms with E-state index in [1.165, 1.54) is 11.3 Å². The second-order valence-corrected chi connectivity index (χ2v) is 9.36. The van der Waals surface area contributed by atoms with Gasteiger partial charge in [-0.05, 0) is 43.3 Å². The van der Waals surface area contributed by atoms with E-state index in [2.05, 4.69) is 18.8 Å². The molecule has 0 saturated carbocycles. The van der Waals surface area contributed by atoms with Crippen molar-refractivity contribution >= 4 is 39.2 Å². The maximum absolute atomic E-state index is 12.9. The molecule has 3 rings (SSSR count). The van der Waals surface area contributed by atoms with Crippen molar-refractivity contribution in [3.8, 4) is 5.75 Å². The molecule has 29 heavy (non-hydrogen) atoms. The minimum atomic E-state index is -0.237. The zero-order valence-electron chi connectivity index (χ0n) is 17.2. The first-order valence-corrected chi connectivity index (χ1v) is 11.3. The summed E-state index contributed by atoms with van der Waals surface area (Å²) < 4.78 is 13.9. The predicted octanol–water partition coefficient (Wildman–Crippen LogP) is 4.99. The summed E-state index contributed by atoms with van der Waals surface area (Å²) in [5, 5.41) is 0.454. The molecule has 0 fully saturated rings. The van der Waals surface area contributed by atoms with Gasteiger partial charge in [0.2, 0.25) is 0 Å². The third-order valence-corrected chi connectivity index (χ3v) is 6.17. The van der Waals surface area contributed by atoms with Crippen molar-refractivity contribution in [1.82, 2.24) is 4.57 Å². The van der Waals surface area contributed by atoms with E-state index in [1.54, 1.807) is 18.9 Å². The van der Waals surface area contributed by atoms with Crippen LogP contribution >= 0.6 is 23.1 Å². The zero-order chi connectivity index (χ0) is 20.8. The first kappa shape index (κ1) is 21.6. The molecule has 3 aromatic rings. The van der Waals surface area contributed by atoms with Gasteiger partial charge in [-0.3, -0.25) is 4.79 Å². The summed E-state index contributed by atoms with van der Waals surface area (Å²) >= 11 is 3.22. The number of ether oxygens (including phenoxy) is 2. The van der Waals surface area contributed by atoms with Crippen LogP contribution in [0.3, 0.4) is 0 Å². The molecule has 0 unspecified atom stereocenters. The van der Waals surface area contributed by atoms with E-state index < -0.39 is 0 Å². The van der Waals surface area contributed by atoms with Crippen LogP contribution in [0.5, 0.6) is 5.75 Å². The number of nitrogens with zero attached hydrogens (tertiary/aromatic N) is 2. The standard InChI is InChI=1S/C22H26N2O3S2/c1-5-27-17-9-10-19-20(14-17)29-22(24(19)11-12-26-4)23-21(25)16-7-6-8-18(13-16)28-15(2)3/h6-10,13-15H,5,11-12H2,1-4H3. The number of hydrogen-bond acceptors (Lipinski definition) is 5. The summed E-state index contributed by atoms with van der Waals surface area (Å²) in [7, 11) is 1.67. The Morgan fingerprint density at radius 1 is 1.24 bits per heavy atom. The fraction of sp³-hybridized carbons (Fsp3) is 0.364. The van der Waals surface area contributed by atoms with Crippen molar-refractivity contribution in [3.63, 3.8) is 0 Å². The number of thiazole rings is 1. The summed E-state index contributed by atoms with van der Waals surface area (Å²) in [4.78, 5) is 19.1. The molecule has 0 spiro atoms. The average Bonchev–Trinajstić information content (AvgIpc) is 3.02. The minimum absolute atomic E-state index is 0.237. The lowest BCUT2D eigenvalue weighted by atomic mass is 10.2. The summed E-state index contributed by atoms with van der Waals surface area (Å²) in [6, 6.07) is 13.6. The highest BCUT2D eigenvalue weighted by atomic mass is 32.2. The third-order valence-electron chi connectivity index (χ3n) is 4.13. The smallest absolute Gasteiger partial charge is 0.279 e. The molecule has 1 amide bonds. The lowest BCUT2D eigenvalue weighted by Gasteiger charge is -2.06. The third kappa shape index (κ3) is 5.50. The van der Waals surface area contributed by atoms with Crippen LogP contribution < -0.4 is 9.54 Å². The number of hydrogen-bond donors (Lipinski definition) is 0. The van der Waals surface area contributed by atoms with Gasteiger partial charge >= 0.3 is 0 Å². The second kappa shape index (κ2) is 10.1. The quantitative estimate of drug-likeness (QED) is 0.473. The summed E-state index contributed by atoms with van der Waals surface area (Å²) in [6.45, 7) is 8.01. The van der Waals surface area contributed by atoms with E-state index in [1.807, 2.05) is 54.0 Å². The van der Waals surface area contributed by atoms with Gasteiger partial charge in [0.25, 0.3) is 5.91 Å². The van der Waals surface area contributed by atoms with Crippen LogP contribution in [0.25, 0.3) is 10.2 Å². The van der Waals surface area contributed by atoms with Crippen LogP contribution in [0.1, 0.15) is 31.1 Å². The lowest BCUT2D eigenvalue weighted by molar-refractivity contribution is 0.0997. The molecule has 0 aliphatic carbocycles. The van der Waals surface area contributed by atoms with E-state index in [9.17, 15) is 4.79 Å². The first-order valence-electron chi connectivity index (χ1n) is 9.62. The molecule has 154 valence electrons. The summed E-state index contributed by atoms with van der Waals surface area (Å²) in [5.41, 5.74) is 1.62. The van der Waals surface area contributed by atoms with E-state index >= 15 is 0 Å². The number of amides is 1. The van der Waals surface area contributed by atoms with Gasteiger partial charge in [0.1, 0.15) is 5.75 Å². The van der Waals surface area contributed by atoms with Crippen LogP contribution in [-0.4, -0.2) is 36.0 Å². The predicted molar refractivity (Wildman–Crippen MR) is 120 cm³/mol. The number of benzene rings is 2. The average molecular weight is 431 g/mol. The van der Waals surface area contributed by atoms with Gasteiger partial charge in [0.05, 0.1) is 23.4 Å². The Bertz CT molecular complexity index is 1050. The summed E-state index contributed by atoms with van der Waals surface area (Å²) in [6.07, 6.45) is 0. The number of carbonyl (C=O) groups is 1. The SMILES string of the molecule is CCOc1ccc2c(c1)sc(=NC(=O)c1cccc(SC(C)C)c1)n2CCOC. The Balaban J connectivity index is 2.02. The monoisotopic (exact) mass is 430 g/mol. The van der Waals surface area contributed by atoms with Crippen molar-refractivity contribution < 1.29 is 14.3 Å². The van der Waals surface area contributed by atoms with Gasteiger partial charge in [-0.1, -0.05) is 31.3 Å². The second-order valence-electron chi connectivity index (χ2n) is 6.70. The Morgan fingerprint density at radius 2 is 2.07 bits per heavy atom. The molecule has 0 radical (unpaired) electrons. The van der Waals surface area contributed by atoms with Crippen molar-refractivity contribution in [3.05, 3.63) is 52.8 Å². The molecular formula is C22H26N2O3S2. The molecule has 1 heterocycles. The number of aromatic nitrogens is 1. The van der Waals surface area contributed by atoms with Gasteiger partial charge in [-0.15, -0.1) is 11.8 Å². The van der Waals surface area contributed by atoms with Crippen LogP contribution in [0.2, 0.25) is 0 Å². The Labute approximate surface area is 179 Å². The number of rotatable bonds is 8. The number of methoxy groups -OCH3 is 1. The zero-order valence-corrected chi connectivity index (χ0v) is 18.8. The molecular weight excluding hydrogens is 404 g/mol. The highest BCUT2D eigenvalue weighted by molar-refractivity contribution is 7.99. The van der Waals surface area contributed by atoms with Crippen molar-refractivity contribution in [2.75, 3.05) is 20.3 Å². The number of fused-ring (bicyclic) bond motifs is 1. The van der Waals surface area contributed by atoms with Crippen LogP contribution in [0.4, 0.5) is 0 Å². The molecule has 0 aliphatic rings.